The second-order valence-electron chi connectivity index (χ2n) is 6.33. The van der Waals surface area contributed by atoms with E-state index in [1.807, 2.05) is 12.3 Å². The van der Waals surface area contributed by atoms with E-state index >= 15 is 0 Å². The van der Waals surface area contributed by atoms with Gasteiger partial charge in [0.15, 0.2) is 0 Å². The van der Waals surface area contributed by atoms with Crippen molar-refractivity contribution in [2.24, 2.45) is 0 Å². The summed E-state index contributed by atoms with van der Waals surface area (Å²) in [5.74, 6) is 1.11. The molecule has 0 aliphatic carbocycles. The number of aromatic nitrogens is 1. The van der Waals surface area contributed by atoms with Crippen LogP contribution in [0.4, 0.5) is 5.82 Å². The van der Waals surface area contributed by atoms with Crippen LogP contribution in [-0.4, -0.2) is 24.1 Å². The van der Waals surface area contributed by atoms with E-state index in [-0.39, 0.29) is 0 Å². The molecule has 0 atom stereocenters. The lowest BCUT2D eigenvalue weighted by atomic mass is 10.0. The van der Waals surface area contributed by atoms with Gasteiger partial charge in [0.2, 0.25) is 0 Å². The van der Waals surface area contributed by atoms with Gasteiger partial charge in [-0.15, -0.1) is 0 Å². The second kappa shape index (κ2) is 6.93. The molecule has 0 spiro atoms. The largest absolute Gasteiger partial charge is 0.357 e. The highest BCUT2D eigenvalue weighted by Gasteiger charge is 2.19. The van der Waals surface area contributed by atoms with Gasteiger partial charge in [-0.1, -0.05) is 35.4 Å². The van der Waals surface area contributed by atoms with Crippen molar-refractivity contribution >= 4 is 5.82 Å². The molecule has 0 saturated carbocycles. The molecule has 1 saturated heterocycles. The predicted molar refractivity (Wildman–Crippen MR) is 92.2 cm³/mol. The van der Waals surface area contributed by atoms with Crippen molar-refractivity contribution in [3.05, 3.63) is 59.3 Å². The zero-order chi connectivity index (χ0) is 15.4. The summed E-state index contributed by atoms with van der Waals surface area (Å²) in [6, 6.07) is 13.5. The zero-order valence-corrected chi connectivity index (χ0v) is 13.5. The number of nitrogens with one attached hydrogen (secondary N) is 1. The average Bonchev–Trinajstić information content (AvgIpc) is 2.53. The standard InChI is InChI=1S/C19H25N3/c1-15-11-16(2)13-17(12-15)14-21-18-6-9-22(10-7-18)19-5-3-4-8-20-19/h3-5,8,11-13,18,21H,6-7,9-10,14H2,1-2H3. The molecule has 2 aromatic rings. The summed E-state index contributed by atoms with van der Waals surface area (Å²) in [4.78, 5) is 6.83. The van der Waals surface area contributed by atoms with E-state index in [0.717, 1.165) is 25.5 Å². The number of anilines is 1. The van der Waals surface area contributed by atoms with Gasteiger partial charge in [0.05, 0.1) is 0 Å². The molecule has 3 rings (SSSR count). The summed E-state index contributed by atoms with van der Waals surface area (Å²) in [5.41, 5.74) is 4.09. The van der Waals surface area contributed by atoms with E-state index in [2.05, 4.69) is 59.4 Å². The Morgan fingerprint density at radius 3 is 2.45 bits per heavy atom. The van der Waals surface area contributed by atoms with Gasteiger partial charge in [-0.2, -0.15) is 0 Å². The first-order valence-corrected chi connectivity index (χ1v) is 8.17. The summed E-state index contributed by atoms with van der Waals surface area (Å²) in [5, 5.41) is 3.72. The fraction of sp³-hybridized carbons (Fsp3) is 0.421. The fourth-order valence-corrected chi connectivity index (χ4v) is 3.29. The van der Waals surface area contributed by atoms with Crippen molar-refractivity contribution in [1.82, 2.24) is 10.3 Å². The van der Waals surface area contributed by atoms with Crippen LogP contribution in [0.1, 0.15) is 29.5 Å². The number of rotatable bonds is 4. The smallest absolute Gasteiger partial charge is 0.128 e. The molecule has 0 bridgehead atoms. The Balaban J connectivity index is 1.50. The van der Waals surface area contributed by atoms with Crippen LogP contribution < -0.4 is 10.2 Å². The monoisotopic (exact) mass is 295 g/mol. The van der Waals surface area contributed by atoms with Crippen molar-refractivity contribution in [3.63, 3.8) is 0 Å². The first kappa shape index (κ1) is 15.0. The third kappa shape index (κ3) is 3.86. The molecule has 0 radical (unpaired) electrons. The van der Waals surface area contributed by atoms with Crippen molar-refractivity contribution < 1.29 is 0 Å². The van der Waals surface area contributed by atoms with Crippen LogP contribution in [0.2, 0.25) is 0 Å². The third-order valence-corrected chi connectivity index (χ3v) is 4.34. The number of benzene rings is 1. The van der Waals surface area contributed by atoms with Crippen molar-refractivity contribution in [1.29, 1.82) is 0 Å². The number of piperidine rings is 1. The molecule has 1 aromatic carbocycles. The van der Waals surface area contributed by atoms with Gasteiger partial charge < -0.3 is 10.2 Å². The second-order valence-corrected chi connectivity index (χ2v) is 6.33. The van der Waals surface area contributed by atoms with Crippen LogP contribution in [0.5, 0.6) is 0 Å². The van der Waals surface area contributed by atoms with E-state index < -0.39 is 0 Å². The number of pyridine rings is 1. The highest BCUT2D eigenvalue weighted by atomic mass is 15.2. The van der Waals surface area contributed by atoms with Crippen molar-refractivity contribution in [2.75, 3.05) is 18.0 Å². The Labute approximate surface area is 133 Å². The highest BCUT2D eigenvalue weighted by molar-refractivity contribution is 5.38. The molecule has 1 fully saturated rings. The zero-order valence-electron chi connectivity index (χ0n) is 13.5. The normalized spacial score (nSPS) is 16.0. The molecule has 1 aliphatic heterocycles. The molecule has 22 heavy (non-hydrogen) atoms. The fourth-order valence-electron chi connectivity index (χ4n) is 3.29. The van der Waals surface area contributed by atoms with E-state index in [1.54, 1.807) is 0 Å². The highest BCUT2D eigenvalue weighted by Crippen LogP contribution is 2.18. The number of hydrogen-bond acceptors (Lipinski definition) is 3. The minimum atomic E-state index is 0.612. The molecule has 0 unspecified atom stereocenters. The lowest BCUT2D eigenvalue weighted by Gasteiger charge is -2.33. The van der Waals surface area contributed by atoms with Gasteiger partial charge >= 0.3 is 0 Å². The van der Waals surface area contributed by atoms with Crippen molar-refractivity contribution in [3.8, 4) is 0 Å². The Morgan fingerprint density at radius 1 is 1.09 bits per heavy atom. The molecule has 1 aromatic heterocycles. The lowest BCUT2D eigenvalue weighted by Crippen LogP contribution is -2.42. The third-order valence-electron chi connectivity index (χ3n) is 4.34. The van der Waals surface area contributed by atoms with Gasteiger partial charge in [-0.05, 0) is 44.4 Å². The molecule has 116 valence electrons. The average molecular weight is 295 g/mol. The Hall–Kier alpha value is -1.87. The molecule has 3 heteroatoms. The number of hydrogen-bond donors (Lipinski definition) is 1. The van der Waals surface area contributed by atoms with Gasteiger partial charge in [-0.3, -0.25) is 0 Å². The number of aryl methyl sites for hydroxylation is 2. The Morgan fingerprint density at radius 2 is 1.82 bits per heavy atom. The topological polar surface area (TPSA) is 28.2 Å². The molecular formula is C19H25N3. The SMILES string of the molecule is Cc1cc(C)cc(CNC2CCN(c3ccccn3)CC2)c1. The summed E-state index contributed by atoms with van der Waals surface area (Å²) in [6.45, 7) is 7.48. The minimum Gasteiger partial charge on any atom is -0.357 e. The predicted octanol–water partition coefficient (Wildman–Crippen LogP) is 3.46. The lowest BCUT2D eigenvalue weighted by molar-refractivity contribution is 0.412. The van der Waals surface area contributed by atoms with E-state index in [0.29, 0.717) is 6.04 Å². The summed E-state index contributed by atoms with van der Waals surface area (Å²) >= 11 is 0. The van der Waals surface area contributed by atoms with E-state index in [1.165, 1.54) is 29.5 Å². The van der Waals surface area contributed by atoms with Gasteiger partial charge in [0.1, 0.15) is 5.82 Å². The molecule has 2 heterocycles. The maximum atomic E-state index is 4.45. The Bertz CT molecular complexity index is 581. The molecule has 0 amide bonds. The van der Waals surface area contributed by atoms with Crippen LogP contribution in [0.3, 0.4) is 0 Å². The van der Waals surface area contributed by atoms with Gasteiger partial charge in [0.25, 0.3) is 0 Å². The summed E-state index contributed by atoms with van der Waals surface area (Å²) < 4.78 is 0. The molecule has 3 nitrogen and oxygen atoms in total. The molecule has 1 N–H and O–H groups in total. The maximum Gasteiger partial charge on any atom is 0.128 e. The molecular weight excluding hydrogens is 270 g/mol. The van der Waals surface area contributed by atoms with Crippen LogP contribution in [0.25, 0.3) is 0 Å². The van der Waals surface area contributed by atoms with E-state index in [4.69, 9.17) is 0 Å². The molecule has 1 aliphatic rings. The van der Waals surface area contributed by atoms with Crippen LogP contribution in [0, 0.1) is 13.8 Å². The Kier molecular flexibility index (Phi) is 4.74. The van der Waals surface area contributed by atoms with E-state index in [9.17, 15) is 0 Å². The number of nitrogens with zero attached hydrogens (tertiary/aromatic N) is 2. The van der Waals surface area contributed by atoms with Crippen LogP contribution >= 0.6 is 0 Å². The summed E-state index contributed by atoms with van der Waals surface area (Å²) in [6.07, 6.45) is 4.24. The first-order valence-electron chi connectivity index (χ1n) is 8.17. The first-order chi connectivity index (χ1) is 10.7. The minimum absolute atomic E-state index is 0.612. The van der Waals surface area contributed by atoms with Gasteiger partial charge in [0, 0.05) is 31.9 Å². The van der Waals surface area contributed by atoms with Crippen LogP contribution in [0.15, 0.2) is 42.6 Å². The van der Waals surface area contributed by atoms with Gasteiger partial charge in [-0.25, -0.2) is 4.98 Å². The summed E-state index contributed by atoms with van der Waals surface area (Å²) in [7, 11) is 0. The van der Waals surface area contributed by atoms with Crippen molar-refractivity contribution in [2.45, 2.75) is 39.3 Å². The quantitative estimate of drug-likeness (QED) is 0.936. The maximum absolute atomic E-state index is 4.45. The van der Waals surface area contributed by atoms with Crippen LogP contribution in [-0.2, 0) is 6.54 Å².